The van der Waals surface area contributed by atoms with Crippen molar-refractivity contribution < 1.29 is 22.7 Å². The molecule has 0 atom stereocenters. The minimum atomic E-state index is -4.00. The Kier molecular flexibility index (Phi) is 2.36. The topological polar surface area (TPSA) is 84.6 Å². The quantitative estimate of drug-likeness (QED) is 0.764. The van der Waals surface area contributed by atoms with Crippen molar-refractivity contribution in [2.24, 2.45) is 0 Å². The number of furan rings is 1. The van der Waals surface area contributed by atoms with Crippen molar-refractivity contribution in [1.82, 2.24) is 0 Å². The molecule has 72 valence electrons. The first-order valence-electron chi connectivity index (χ1n) is 3.11. The van der Waals surface area contributed by atoms with Crippen LogP contribution in [0, 0.1) is 6.92 Å². The third kappa shape index (κ3) is 2.02. The summed E-state index contributed by atoms with van der Waals surface area (Å²) < 4.78 is 25.9. The van der Waals surface area contributed by atoms with Crippen molar-refractivity contribution in [1.29, 1.82) is 0 Å². The average molecular weight is 225 g/mol. The van der Waals surface area contributed by atoms with Crippen molar-refractivity contribution in [3.8, 4) is 0 Å². The van der Waals surface area contributed by atoms with Gasteiger partial charge < -0.3 is 9.52 Å². The summed E-state index contributed by atoms with van der Waals surface area (Å²) >= 11 is 0. The van der Waals surface area contributed by atoms with Crippen LogP contribution in [0.25, 0.3) is 0 Å². The van der Waals surface area contributed by atoms with Gasteiger partial charge in [0.15, 0.2) is 0 Å². The number of rotatable bonds is 2. The molecule has 5 nitrogen and oxygen atoms in total. The molecule has 1 aromatic rings. The largest absolute Gasteiger partial charge is 0.475 e. The van der Waals surface area contributed by atoms with Gasteiger partial charge >= 0.3 is 5.97 Å². The fraction of sp³-hybridized carbons (Fsp3) is 0.167. The lowest BCUT2D eigenvalue weighted by atomic mass is 10.3. The zero-order valence-corrected chi connectivity index (χ0v) is 8.02. The van der Waals surface area contributed by atoms with Crippen LogP contribution >= 0.6 is 10.7 Å². The molecule has 1 rings (SSSR count). The number of carbonyl (C=O) groups is 1. The second-order valence-corrected chi connectivity index (χ2v) is 4.82. The Morgan fingerprint density at radius 2 is 2.15 bits per heavy atom. The molecule has 0 spiro atoms. The third-order valence-electron chi connectivity index (χ3n) is 1.33. The maximum absolute atomic E-state index is 10.7. The van der Waals surface area contributed by atoms with Gasteiger partial charge in [0.1, 0.15) is 0 Å². The van der Waals surface area contributed by atoms with E-state index in [1.165, 1.54) is 6.92 Å². The Morgan fingerprint density at radius 1 is 1.62 bits per heavy atom. The summed E-state index contributed by atoms with van der Waals surface area (Å²) in [5, 5.41) is 7.96. The summed E-state index contributed by atoms with van der Waals surface area (Å²) in [6.07, 6.45) is 0. The number of halogens is 1. The zero-order valence-electron chi connectivity index (χ0n) is 6.44. The minimum Gasteiger partial charge on any atom is -0.475 e. The van der Waals surface area contributed by atoms with E-state index >= 15 is 0 Å². The van der Waals surface area contributed by atoms with Gasteiger partial charge in [0, 0.05) is 22.3 Å². The molecule has 13 heavy (non-hydrogen) atoms. The molecule has 0 aliphatic carbocycles. The molecule has 7 heteroatoms. The highest BCUT2D eigenvalue weighted by molar-refractivity contribution is 8.13. The highest BCUT2D eigenvalue weighted by Gasteiger charge is 2.21. The Hall–Kier alpha value is -1.01. The highest BCUT2D eigenvalue weighted by Crippen LogP contribution is 2.21. The SMILES string of the molecule is Cc1cc(S(=O)(=O)Cl)oc1C(=O)O. The molecule has 0 radical (unpaired) electrons. The maximum atomic E-state index is 10.7. The Bertz CT molecular complexity index is 444. The summed E-state index contributed by atoms with van der Waals surface area (Å²) in [5.41, 5.74) is 0.215. The van der Waals surface area contributed by atoms with Crippen LogP contribution in [-0.4, -0.2) is 19.5 Å². The number of carboxylic acids is 1. The van der Waals surface area contributed by atoms with Crippen LogP contribution in [0.15, 0.2) is 15.6 Å². The fourth-order valence-electron chi connectivity index (χ4n) is 0.785. The van der Waals surface area contributed by atoms with Crippen LogP contribution in [0.2, 0.25) is 0 Å². The second kappa shape index (κ2) is 3.04. The van der Waals surface area contributed by atoms with Gasteiger partial charge in [0.25, 0.3) is 9.05 Å². The molecule has 0 saturated heterocycles. The second-order valence-electron chi connectivity index (χ2n) is 2.32. The molecule has 1 N–H and O–H groups in total. The zero-order chi connectivity index (χ0) is 10.2. The Balaban J connectivity index is 3.33. The van der Waals surface area contributed by atoms with Gasteiger partial charge in [0.05, 0.1) is 0 Å². The van der Waals surface area contributed by atoms with Crippen molar-refractivity contribution in [2.75, 3.05) is 0 Å². The van der Waals surface area contributed by atoms with Gasteiger partial charge in [-0.05, 0) is 6.92 Å². The van der Waals surface area contributed by atoms with Crippen LogP contribution in [0.5, 0.6) is 0 Å². The molecule has 0 saturated carbocycles. The first kappa shape index (κ1) is 10.1. The molecule has 0 aliphatic heterocycles. The molecular weight excluding hydrogens is 220 g/mol. The van der Waals surface area contributed by atoms with E-state index in [9.17, 15) is 13.2 Å². The van der Waals surface area contributed by atoms with Crippen molar-refractivity contribution in [2.45, 2.75) is 12.0 Å². The summed E-state index contributed by atoms with van der Waals surface area (Å²) in [4.78, 5) is 10.4. The molecule has 1 heterocycles. The standard InChI is InChI=1S/C6H5ClO5S/c1-3-2-4(13(7,10)11)12-5(3)6(8)9/h2H,1H3,(H,8,9). The summed E-state index contributed by atoms with van der Waals surface area (Å²) in [5.74, 6) is -1.75. The minimum absolute atomic E-state index is 0.215. The lowest BCUT2D eigenvalue weighted by molar-refractivity contribution is 0.0655. The molecule has 0 aliphatic rings. The molecule has 0 bridgehead atoms. The van der Waals surface area contributed by atoms with Crippen LogP contribution < -0.4 is 0 Å². The number of carboxylic acid groups (broad SMARTS) is 1. The fourth-order valence-corrected chi connectivity index (χ4v) is 1.51. The van der Waals surface area contributed by atoms with Crippen molar-refractivity contribution >= 4 is 25.7 Å². The monoisotopic (exact) mass is 224 g/mol. The molecule has 1 aromatic heterocycles. The smallest absolute Gasteiger partial charge is 0.372 e. The van der Waals surface area contributed by atoms with E-state index in [2.05, 4.69) is 4.42 Å². The lowest BCUT2D eigenvalue weighted by Crippen LogP contribution is -1.95. The van der Waals surface area contributed by atoms with Crippen LogP contribution in [0.4, 0.5) is 0 Å². The highest BCUT2D eigenvalue weighted by atomic mass is 35.7. The van der Waals surface area contributed by atoms with Gasteiger partial charge in [-0.1, -0.05) is 0 Å². The van der Waals surface area contributed by atoms with Crippen LogP contribution in [0.1, 0.15) is 16.1 Å². The van der Waals surface area contributed by atoms with E-state index in [0.29, 0.717) is 0 Å². The van der Waals surface area contributed by atoms with Crippen LogP contribution in [0.3, 0.4) is 0 Å². The summed E-state index contributed by atoms with van der Waals surface area (Å²) in [7, 11) is 0.938. The molecule has 0 amide bonds. The molecule has 0 fully saturated rings. The summed E-state index contributed by atoms with van der Waals surface area (Å²) in [6.45, 7) is 1.42. The van der Waals surface area contributed by atoms with Gasteiger partial charge in [0.2, 0.25) is 10.9 Å². The van der Waals surface area contributed by atoms with Gasteiger partial charge in [-0.25, -0.2) is 13.2 Å². The van der Waals surface area contributed by atoms with Gasteiger partial charge in [-0.15, -0.1) is 0 Å². The van der Waals surface area contributed by atoms with E-state index < -0.39 is 25.9 Å². The molecule has 0 aromatic carbocycles. The van der Waals surface area contributed by atoms with Crippen LogP contribution in [-0.2, 0) is 9.05 Å². The lowest BCUT2D eigenvalue weighted by Gasteiger charge is -1.87. The average Bonchev–Trinajstić information content (AvgIpc) is 2.29. The van der Waals surface area contributed by atoms with E-state index in [0.717, 1.165) is 6.07 Å². The van der Waals surface area contributed by atoms with E-state index in [1.807, 2.05) is 0 Å². The predicted molar refractivity (Wildman–Crippen MR) is 43.4 cm³/mol. The van der Waals surface area contributed by atoms with Crippen molar-refractivity contribution in [3.63, 3.8) is 0 Å². The number of aryl methyl sites for hydroxylation is 1. The molecule has 0 unspecified atom stereocenters. The predicted octanol–water partition coefficient (Wildman–Crippen LogP) is 1.21. The Labute approximate surface area is 78.3 Å². The van der Waals surface area contributed by atoms with E-state index in [-0.39, 0.29) is 5.56 Å². The number of aromatic carboxylic acids is 1. The van der Waals surface area contributed by atoms with E-state index in [4.69, 9.17) is 15.8 Å². The van der Waals surface area contributed by atoms with E-state index in [1.54, 1.807) is 0 Å². The number of hydrogen-bond donors (Lipinski definition) is 1. The third-order valence-corrected chi connectivity index (χ3v) is 2.47. The normalized spacial score (nSPS) is 11.5. The number of hydrogen-bond acceptors (Lipinski definition) is 4. The summed E-state index contributed by atoms with van der Waals surface area (Å²) in [6, 6.07) is 1.06. The van der Waals surface area contributed by atoms with Gasteiger partial charge in [-0.2, -0.15) is 0 Å². The first-order chi connectivity index (χ1) is 5.82. The Morgan fingerprint density at radius 3 is 2.38 bits per heavy atom. The van der Waals surface area contributed by atoms with Crippen molar-refractivity contribution in [3.05, 3.63) is 17.4 Å². The first-order valence-corrected chi connectivity index (χ1v) is 5.41. The van der Waals surface area contributed by atoms with Gasteiger partial charge in [-0.3, -0.25) is 0 Å². The maximum Gasteiger partial charge on any atom is 0.372 e. The molecular formula is C6H5ClO5S.